The van der Waals surface area contributed by atoms with Crippen LogP contribution in [0.4, 0.5) is 0 Å². The zero-order valence-corrected chi connectivity index (χ0v) is 18.3. The third kappa shape index (κ3) is 13.8. The van der Waals surface area contributed by atoms with E-state index in [1.807, 2.05) is 30.3 Å². The van der Waals surface area contributed by atoms with Gasteiger partial charge in [-0.25, -0.2) is 0 Å². The molecule has 0 fully saturated rings. The third-order valence-corrected chi connectivity index (χ3v) is 5.46. The van der Waals surface area contributed by atoms with Crippen molar-refractivity contribution in [3.63, 3.8) is 0 Å². The Balaban J connectivity index is 1.84. The van der Waals surface area contributed by atoms with E-state index in [-0.39, 0.29) is 5.91 Å². The minimum Gasteiger partial charge on any atom is -0.355 e. The van der Waals surface area contributed by atoms with Crippen molar-refractivity contribution in [2.24, 2.45) is 5.73 Å². The summed E-state index contributed by atoms with van der Waals surface area (Å²) in [7, 11) is 0. The number of hydrogen-bond acceptors (Lipinski definition) is 2. The summed E-state index contributed by atoms with van der Waals surface area (Å²) in [4.78, 5) is 12.0. The summed E-state index contributed by atoms with van der Waals surface area (Å²) >= 11 is 0. The van der Waals surface area contributed by atoms with Gasteiger partial charge in [-0.15, -0.1) is 0 Å². The van der Waals surface area contributed by atoms with Crippen molar-refractivity contribution in [1.29, 1.82) is 0 Å². The van der Waals surface area contributed by atoms with Crippen LogP contribution in [0.15, 0.2) is 30.3 Å². The van der Waals surface area contributed by atoms with Crippen molar-refractivity contribution in [2.75, 3.05) is 6.54 Å². The predicted molar refractivity (Wildman–Crippen MR) is 121 cm³/mol. The van der Waals surface area contributed by atoms with Crippen molar-refractivity contribution in [3.8, 4) is 0 Å². The summed E-state index contributed by atoms with van der Waals surface area (Å²) in [6.45, 7) is 3.03. The molecule has 0 aromatic heterocycles. The molecule has 28 heavy (non-hydrogen) atoms. The van der Waals surface area contributed by atoms with E-state index in [9.17, 15) is 4.79 Å². The van der Waals surface area contributed by atoms with Crippen LogP contribution in [-0.2, 0) is 11.2 Å². The lowest BCUT2D eigenvalue weighted by atomic mass is 10.0. The lowest BCUT2D eigenvalue weighted by molar-refractivity contribution is -0.122. The van der Waals surface area contributed by atoms with Gasteiger partial charge in [-0.2, -0.15) is 0 Å². The number of rotatable bonds is 18. The molecule has 0 saturated heterocycles. The summed E-state index contributed by atoms with van der Waals surface area (Å²) < 4.78 is 0. The second-order valence-corrected chi connectivity index (χ2v) is 8.18. The Kier molecular flexibility index (Phi) is 15.6. The standard InChI is InChI=1S/C25H44N2O/c1-2-3-4-5-6-7-8-9-10-11-12-13-14-18-21-27-25(28)24(26)22-23-19-16-15-17-20-23/h15-17,19-20,24H,2-14,18,21-22,26H2,1H3,(H,27,28)/t24-/m0/s1. The number of nitrogens with two attached hydrogens (primary N) is 1. The molecule has 1 atom stereocenters. The number of carbonyl (C=O) groups excluding carboxylic acids is 1. The average molecular weight is 389 g/mol. The monoisotopic (exact) mass is 388 g/mol. The molecule has 0 aliphatic heterocycles. The maximum atomic E-state index is 12.0. The molecule has 3 heteroatoms. The molecule has 0 saturated carbocycles. The quantitative estimate of drug-likeness (QED) is 0.296. The van der Waals surface area contributed by atoms with E-state index in [0.29, 0.717) is 6.42 Å². The van der Waals surface area contributed by atoms with Gasteiger partial charge in [-0.3, -0.25) is 4.79 Å². The van der Waals surface area contributed by atoms with Crippen molar-refractivity contribution < 1.29 is 4.79 Å². The first-order valence-corrected chi connectivity index (χ1v) is 11.8. The number of benzene rings is 1. The first-order chi connectivity index (χ1) is 13.7. The highest BCUT2D eigenvalue weighted by Gasteiger charge is 2.12. The van der Waals surface area contributed by atoms with Crippen LogP contribution in [0.2, 0.25) is 0 Å². The van der Waals surface area contributed by atoms with Gasteiger partial charge in [0.25, 0.3) is 0 Å². The van der Waals surface area contributed by atoms with Crippen LogP contribution >= 0.6 is 0 Å². The zero-order chi connectivity index (χ0) is 20.3. The Labute approximate surface area is 173 Å². The van der Waals surface area contributed by atoms with Gasteiger partial charge in [0.2, 0.25) is 5.91 Å². The first kappa shape index (κ1) is 24.7. The van der Waals surface area contributed by atoms with Gasteiger partial charge >= 0.3 is 0 Å². The number of hydrogen-bond donors (Lipinski definition) is 2. The zero-order valence-electron chi connectivity index (χ0n) is 18.3. The molecular formula is C25H44N2O. The molecule has 0 heterocycles. The Hall–Kier alpha value is -1.35. The summed E-state index contributed by atoms with van der Waals surface area (Å²) in [5, 5.41) is 2.98. The van der Waals surface area contributed by atoms with Gasteiger partial charge in [0.05, 0.1) is 6.04 Å². The fraction of sp³-hybridized carbons (Fsp3) is 0.720. The fourth-order valence-corrected chi connectivity index (χ4v) is 3.62. The molecule has 3 N–H and O–H groups in total. The molecular weight excluding hydrogens is 344 g/mol. The van der Waals surface area contributed by atoms with Crippen molar-refractivity contribution in [3.05, 3.63) is 35.9 Å². The molecule has 3 nitrogen and oxygen atoms in total. The highest BCUT2D eigenvalue weighted by atomic mass is 16.2. The van der Waals surface area contributed by atoms with Gasteiger partial charge in [0, 0.05) is 6.54 Å². The second kappa shape index (κ2) is 17.7. The molecule has 0 radical (unpaired) electrons. The molecule has 0 aliphatic rings. The van der Waals surface area contributed by atoms with Gasteiger partial charge in [0.1, 0.15) is 0 Å². The fourth-order valence-electron chi connectivity index (χ4n) is 3.62. The van der Waals surface area contributed by atoms with Gasteiger partial charge in [-0.1, -0.05) is 121 Å². The molecule has 1 aromatic rings. The lowest BCUT2D eigenvalue weighted by Crippen LogP contribution is -2.42. The lowest BCUT2D eigenvalue weighted by Gasteiger charge is -2.12. The maximum Gasteiger partial charge on any atom is 0.237 e. The molecule has 160 valence electrons. The van der Waals surface area contributed by atoms with Crippen LogP contribution in [0, 0.1) is 0 Å². The molecule has 1 rings (SSSR count). The molecule has 1 amide bonds. The Morgan fingerprint density at radius 3 is 1.75 bits per heavy atom. The molecule has 0 bridgehead atoms. The van der Waals surface area contributed by atoms with Crippen LogP contribution in [0.25, 0.3) is 0 Å². The van der Waals surface area contributed by atoms with E-state index in [4.69, 9.17) is 5.73 Å². The SMILES string of the molecule is CCCCCCCCCCCCCCCCNC(=O)[C@@H](N)Cc1ccccc1. The summed E-state index contributed by atoms with van der Waals surface area (Å²) in [6, 6.07) is 9.52. The number of unbranched alkanes of at least 4 members (excludes halogenated alkanes) is 13. The Bertz CT molecular complexity index is 475. The largest absolute Gasteiger partial charge is 0.355 e. The van der Waals surface area contributed by atoms with Gasteiger partial charge < -0.3 is 11.1 Å². The Morgan fingerprint density at radius 1 is 0.786 bits per heavy atom. The third-order valence-electron chi connectivity index (χ3n) is 5.46. The van der Waals surface area contributed by atoms with Crippen molar-refractivity contribution in [2.45, 2.75) is 109 Å². The van der Waals surface area contributed by atoms with Gasteiger partial charge in [-0.05, 0) is 18.4 Å². The van der Waals surface area contributed by atoms with Crippen LogP contribution in [0.1, 0.15) is 102 Å². The molecule has 0 aliphatic carbocycles. The highest BCUT2D eigenvalue weighted by molar-refractivity contribution is 5.81. The topological polar surface area (TPSA) is 55.1 Å². The van der Waals surface area contributed by atoms with E-state index in [1.165, 1.54) is 83.5 Å². The average Bonchev–Trinajstić information content (AvgIpc) is 2.71. The first-order valence-electron chi connectivity index (χ1n) is 11.8. The smallest absolute Gasteiger partial charge is 0.237 e. The second-order valence-electron chi connectivity index (χ2n) is 8.18. The minimum atomic E-state index is -0.450. The Morgan fingerprint density at radius 2 is 1.25 bits per heavy atom. The van der Waals surface area contributed by atoms with E-state index in [1.54, 1.807) is 0 Å². The summed E-state index contributed by atoms with van der Waals surface area (Å²) in [5.41, 5.74) is 7.11. The van der Waals surface area contributed by atoms with E-state index in [2.05, 4.69) is 12.2 Å². The van der Waals surface area contributed by atoms with Crippen molar-refractivity contribution >= 4 is 5.91 Å². The number of nitrogens with one attached hydrogen (secondary N) is 1. The van der Waals surface area contributed by atoms with E-state index in [0.717, 1.165) is 18.5 Å². The predicted octanol–water partition coefficient (Wildman–Crippen LogP) is 6.15. The normalized spacial score (nSPS) is 12.1. The molecule has 0 spiro atoms. The molecule has 0 unspecified atom stereocenters. The van der Waals surface area contributed by atoms with Crippen molar-refractivity contribution in [1.82, 2.24) is 5.32 Å². The van der Waals surface area contributed by atoms with Crippen LogP contribution in [0.5, 0.6) is 0 Å². The summed E-state index contributed by atoms with van der Waals surface area (Å²) in [5.74, 6) is -0.0291. The van der Waals surface area contributed by atoms with E-state index >= 15 is 0 Å². The van der Waals surface area contributed by atoms with Crippen LogP contribution < -0.4 is 11.1 Å². The van der Waals surface area contributed by atoms with Crippen LogP contribution in [0.3, 0.4) is 0 Å². The maximum absolute atomic E-state index is 12.0. The van der Waals surface area contributed by atoms with Gasteiger partial charge in [0.15, 0.2) is 0 Å². The van der Waals surface area contributed by atoms with Crippen LogP contribution in [-0.4, -0.2) is 18.5 Å². The number of carbonyl (C=O) groups is 1. The summed E-state index contributed by atoms with van der Waals surface area (Å²) in [6.07, 6.45) is 19.5. The highest BCUT2D eigenvalue weighted by Crippen LogP contribution is 2.12. The number of amides is 1. The minimum absolute atomic E-state index is 0.0291. The van der Waals surface area contributed by atoms with E-state index < -0.39 is 6.04 Å². The molecule has 1 aromatic carbocycles.